The van der Waals surface area contributed by atoms with Crippen molar-refractivity contribution in [1.29, 1.82) is 0 Å². The predicted molar refractivity (Wildman–Crippen MR) is 130 cm³/mol. The van der Waals surface area contributed by atoms with Gasteiger partial charge >= 0.3 is 11.9 Å². The number of furan rings is 1. The number of hydrogen-bond donors (Lipinski definition) is 1. The minimum absolute atomic E-state index is 0.0497. The van der Waals surface area contributed by atoms with Crippen LogP contribution < -0.4 is 10.2 Å². The molecule has 1 heterocycles. The Bertz CT molecular complexity index is 1340. The van der Waals surface area contributed by atoms with Gasteiger partial charge in [-0.1, -0.05) is 23.2 Å². The van der Waals surface area contributed by atoms with Crippen molar-refractivity contribution in [3.05, 3.63) is 86.3 Å². The Morgan fingerprint density at radius 3 is 2.46 bits per heavy atom. The highest BCUT2D eigenvalue weighted by molar-refractivity contribution is 6.36. The molecule has 1 N–H and O–H groups in total. The Balaban J connectivity index is 1.53. The van der Waals surface area contributed by atoms with Crippen LogP contribution in [0.4, 0.5) is 0 Å². The molecule has 0 saturated carbocycles. The lowest BCUT2D eigenvalue weighted by molar-refractivity contribution is 0.0600. The van der Waals surface area contributed by atoms with Crippen LogP contribution in [0, 0.1) is 6.92 Å². The van der Waals surface area contributed by atoms with E-state index in [1.165, 1.54) is 43.5 Å². The van der Waals surface area contributed by atoms with Crippen LogP contribution in [-0.4, -0.2) is 30.7 Å². The lowest BCUT2D eigenvalue weighted by Crippen LogP contribution is -2.22. The normalized spacial score (nSPS) is 13.8. The van der Waals surface area contributed by atoms with Crippen molar-refractivity contribution in [1.82, 2.24) is 5.43 Å². The van der Waals surface area contributed by atoms with Gasteiger partial charge in [-0.25, -0.2) is 15.0 Å². The SMILES string of the molecule is COC(=O)c1ccc(OC(=O)c2oc3c(c2C)/C(=N/NC(=O)c2ccc(Cl)cc2Cl)CCC3)cc1. The number of nitrogens with zero attached hydrogens (tertiary/aromatic N) is 1. The summed E-state index contributed by atoms with van der Waals surface area (Å²) < 4.78 is 15.9. The zero-order valence-electron chi connectivity index (χ0n) is 18.8. The Labute approximate surface area is 210 Å². The van der Waals surface area contributed by atoms with E-state index >= 15 is 0 Å². The van der Waals surface area contributed by atoms with E-state index < -0.39 is 17.8 Å². The van der Waals surface area contributed by atoms with Crippen molar-refractivity contribution in [2.45, 2.75) is 26.2 Å². The molecule has 1 aliphatic carbocycles. The fraction of sp³-hybridized carbons (Fsp3) is 0.200. The van der Waals surface area contributed by atoms with Crippen LogP contribution in [0.1, 0.15) is 61.0 Å². The van der Waals surface area contributed by atoms with Crippen LogP contribution in [0.25, 0.3) is 0 Å². The highest BCUT2D eigenvalue weighted by Crippen LogP contribution is 2.31. The number of amides is 1. The van der Waals surface area contributed by atoms with E-state index in [4.69, 9.17) is 32.4 Å². The third-order valence-electron chi connectivity index (χ3n) is 5.47. The van der Waals surface area contributed by atoms with Gasteiger partial charge in [-0.05, 0) is 62.2 Å². The molecule has 3 aromatic rings. The number of hydrazone groups is 1. The maximum absolute atomic E-state index is 12.8. The van der Waals surface area contributed by atoms with Gasteiger partial charge in [0, 0.05) is 22.6 Å². The quantitative estimate of drug-likeness (QED) is 0.278. The smallest absolute Gasteiger partial charge is 0.379 e. The molecule has 0 fully saturated rings. The van der Waals surface area contributed by atoms with E-state index in [-0.39, 0.29) is 22.1 Å². The Morgan fingerprint density at radius 2 is 1.77 bits per heavy atom. The summed E-state index contributed by atoms with van der Waals surface area (Å²) in [5, 5.41) is 4.92. The number of rotatable bonds is 5. The number of halogens is 2. The molecule has 8 nitrogen and oxygen atoms in total. The van der Waals surface area contributed by atoms with E-state index in [9.17, 15) is 14.4 Å². The van der Waals surface area contributed by atoms with Crippen molar-refractivity contribution >= 4 is 46.8 Å². The third kappa shape index (κ3) is 5.23. The van der Waals surface area contributed by atoms with Crippen molar-refractivity contribution in [3.8, 4) is 5.75 Å². The van der Waals surface area contributed by atoms with E-state index in [1.54, 1.807) is 13.0 Å². The van der Waals surface area contributed by atoms with Crippen LogP contribution >= 0.6 is 23.2 Å². The van der Waals surface area contributed by atoms with Crippen LogP contribution in [0.3, 0.4) is 0 Å². The van der Waals surface area contributed by atoms with E-state index in [1.807, 2.05) is 0 Å². The molecule has 180 valence electrons. The van der Waals surface area contributed by atoms with Crippen LogP contribution in [0.15, 0.2) is 52.0 Å². The summed E-state index contributed by atoms with van der Waals surface area (Å²) in [4.78, 5) is 36.9. The minimum atomic E-state index is -0.681. The number of hydrogen-bond acceptors (Lipinski definition) is 7. The number of fused-ring (bicyclic) bond motifs is 1. The first kappa shape index (κ1) is 24.5. The van der Waals surface area contributed by atoms with Crippen molar-refractivity contribution in [2.24, 2.45) is 5.10 Å². The van der Waals surface area contributed by atoms with E-state index in [2.05, 4.69) is 15.3 Å². The third-order valence-corrected chi connectivity index (χ3v) is 6.01. The average molecular weight is 515 g/mol. The second kappa shape index (κ2) is 10.3. The molecule has 0 spiro atoms. The molecule has 0 bridgehead atoms. The van der Waals surface area contributed by atoms with Crippen molar-refractivity contribution in [3.63, 3.8) is 0 Å². The number of nitrogens with one attached hydrogen (secondary N) is 1. The summed E-state index contributed by atoms with van der Waals surface area (Å²) in [7, 11) is 1.29. The standard InChI is InChI=1S/C25H20Cl2N2O6/c1-13-21-19(28-29-23(30)17-11-8-15(26)12-18(17)27)4-3-5-20(21)35-22(13)25(32)34-16-9-6-14(7-10-16)24(31)33-2/h6-12H,3-5H2,1-2H3,(H,29,30)/b28-19+. The molecule has 35 heavy (non-hydrogen) atoms. The molecule has 1 aromatic heterocycles. The highest BCUT2D eigenvalue weighted by atomic mass is 35.5. The van der Waals surface area contributed by atoms with Gasteiger partial charge < -0.3 is 13.9 Å². The summed E-state index contributed by atoms with van der Waals surface area (Å²) in [6, 6.07) is 10.5. The molecule has 10 heteroatoms. The number of methoxy groups -OCH3 is 1. The Kier molecular flexibility index (Phi) is 7.23. The molecule has 4 rings (SSSR count). The van der Waals surface area contributed by atoms with Crippen LogP contribution in [0.5, 0.6) is 5.75 Å². The van der Waals surface area contributed by atoms with Gasteiger partial charge in [-0.15, -0.1) is 0 Å². The van der Waals surface area contributed by atoms with Crippen LogP contribution in [0.2, 0.25) is 10.0 Å². The number of carbonyl (C=O) groups excluding carboxylic acids is 3. The van der Waals surface area contributed by atoms with Crippen molar-refractivity contribution in [2.75, 3.05) is 7.11 Å². The molecule has 0 unspecified atom stereocenters. The van der Waals surface area contributed by atoms with Gasteiger partial charge in [-0.2, -0.15) is 5.10 Å². The molecule has 2 aromatic carbocycles. The first-order valence-corrected chi connectivity index (χ1v) is 11.4. The zero-order valence-corrected chi connectivity index (χ0v) is 20.3. The molecule has 0 aliphatic heterocycles. The molecular weight excluding hydrogens is 495 g/mol. The fourth-order valence-corrected chi connectivity index (χ4v) is 4.25. The van der Waals surface area contributed by atoms with Gasteiger partial charge in [0.2, 0.25) is 5.76 Å². The second-order valence-electron chi connectivity index (χ2n) is 7.74. The topological polar surface area (TPSA) is 107 Å². The van der Waals surface area contributed by atoms with Gasteiger partial charge in [0.1, 0.15) is 11.5 Å². The fourth-order valence-electron chi connectivity index (χ4n) is 3.76. The number of benzene rings is 2. The molecule has 0 atom stereocenters. The molecular formula is C25H20Cl2N2O6. The van der Waals surface area contributed by atoms with E-state index in [0.29, 0.717) is 46.0 Å². The number of carbonyl (C=O) groups is 3. The highest BCUT2D eigenvalue weighted by Gasteiger charge is 2.29. The first-order valence-electron chi connectivity index (χ1n) is 10.6. The summed E-state index contributed by atoms with van der Waals surface area (Å²) >= 11 is 12.0. The molecule has 0 saturated heterocycles. The van der Waals surface area contributed by atoms with Gasteiger partial charge in [-0.3, -0.25) is 4.79 Å². The summed E-state index contributed by atoms with van der Waals surface area (Å²) in [6.07, 6.45) is 1.94. The second-order valence-corrected chi connectivity index (χ2v) is 8.58. The molecule has 0 radical (unpaired) electrons. The van der Waals surface area contributed by atoms with E-state index in [0.717, 1.165) is 6.42 Å². The number of aryl methyl sites for hydroxylation is 1. The molecule has 1 amide bonds. The summed E-state index contributed by atoms with van der Waals surface area (Å²) in [5.41, 5.74) is 4.92. The summed E-state index contributed by atoms with van der Waals surface area (Å²) in [5.74, 6) is -0.762. The number of esters is 2. The lowest BCUT2D eigenvalue weighted by Gasteiger charge is -2.13. The number of ether oxygens (including phenoxy) is 2. The van der Waals surface area contributed by atoms with Gasteiger partial charge in [0.25, 0.3) is 5.91 Å². The minimum Gasteiger partial charge on any atom is -0.465 e. The maximum Gasteiger partial charge on any atom is 0.379 e. The van der Waals surface area contributed by atoms with Gasteiger partial charge in [0.05, 0.1) is 29.0 Å². The Morgan fingerprint density at radius 1 is 1.03 bits per heavy atom. The maximum atomic E-state index is 12.8. The zero-order chi connectivity index (χ0) is 25.1. The van der Waals surface area contributed by atoms with Crippen molar-refractivity contribution < 1.29 is 28.3 Å². The molecule has 1 aliphatic rings. The summed E-state index contributed by atoms with van der Waals surface area (Å²) in [6.45, 7) is 1.73. The first-order chi connectivity index (χ1) is 16.8. The predicted octanol–water partition coefficient (Wildman–Crippen LogP) is 5.37. The lowest BCUT2D eigenvalue weighted by atomic mass is 9.93. The van der Waals surface area contributed by atoms with Crippen LogP contribution in [-0.2, 0) is 11.2 Å². The average Bonchev–Trinajstić information content (AvgIpc) is 3.19. The Hall–Kier alpha value is -3.62. The monoisotopic (exact) mass is 514 g/mol. The largest absolute Gasteiger partial charge is 0.465 e. The van der Waals surface area contributed by atoms with Gasteiger partial charge in [0.15, 0.2) is 0 Å².